The summed E-state index contributed by atoms with van der Waals surface area (Å²) in [6.45, 7) is 2.22. The quantitative estimate of drug-likeness (QED) is 0.178. The molecule has 1 amide bonds. The number of amides is 1. The second-order valence-corrected chi connectivity index (χ2v) is 13.2. The van der Waals surface area contributed by atoms with E-state index in [-0.39, 0.29) is 11.5 Å². The van der Waals surface area contributed by atoms with Crippen LogP contribution in [-0.4, -0.2) is 17.6 Å². The molecule has 2 heterocycles. The maximum absolute atomic E-state index is 14.2. The smallest absolute Gasteiger partial charge is 0.271 e. The average Bonchev–Trinajstić information content (AvgIpc) is 3.41. The van der Waals surface area contributed by atoms with Crippen molar-refractivity contribution in [1.29, 1.82) is 0 Å². The number of benzene rings is 5. The number of carbonyl (C=O) groups excluding carboxylic acids is 1. The summed E-state index contributed by atoms with van der Waals surface area (Å²) in [6, 6.07) is 36.2. The van der Waals surface area contributed by atoms with Crippen LogP contribution in [0, 0.1) is 0 Å². The van der Waals surface area contributed by atoms with Crippen LogP contribution in [0.4, 0.5) is 5.69 Å². The topological polar surface area (TPSA) is 81.9 Å². The van der Waals surface area contributed by atoms with E-state index in [1.807, 2.05) is 97.1 Å². The Kier molecular flexibility index (Phi) is 8.80. The van der Waals surface area contributed by atoms with Crippen molar-refractivity contribution < 1.29 is 14.3 Å². The molecule has 1 aromatic heterocycles. The lowest BCUT2D eigenvalue weighted by Gasteiger charge is -2.25. The van der Waals surface area contributed by atoms with Crippen molar-refractivity contribution in [2.75, 3.05) is 12.4 Å². The molecule has 1 N–H and O–H groups in total. The molecule has 1 atom stereocenters. The van der Waals surface area contributed by atoms with Crippen LogP contribution in [0.5, 0.6) is 11.5 Å². The van der Waals surface area contributed by atoms with Crippen molar-refractivity contribution in [1.82, 2.24) is 4.57 Å². The van der Waals surface area contributed by atoms with Gasteiger partial charge >= 0.3 is 0 Å². The highest BCUT2D eigenvalue weighted by atomic mass is 79.9. The zero-order valence-corrected chi connectivity index (χ0v) is 28.5. The van der Waals surface area contributed by atoms with Gasteiger partial charge < -0.3 is 14.8 Å². The van der Waals surface area contributed by atoms with Crippen LogP contribution < -0.4 is 29.7 Å². The molecule has 1 aliphatic rings. The molecule has 0 saturated heterocycles. The third-order valence-electron chi connectivity index (χ3n) is 8.22. The summed E-state index contributed by atoms with van der Waals surface area (Å²) < 4.78 is 14.6. The summed E-state index contributed by atoms with van der Waals surface area (Å²) in [4.78, 5) is 33.3. The molecule has 0 saturated carbocycles. The van der Waals surface area contributed by atoms with E-state index in [1.54, 1.807) is 18.6 Å². The lowest BCUT2D eigenvalue weighted by molar-refractivity contribution is -0.113. The van der Waals surface area contributed by atoms with E-state index < -0.39 is 6.04 Å². The number of anilines is 1. The van der Waals surface area contributed by atoms with Gasteiger partial charge in [-0.15, -0.1) is 0 Å². The summed E-state index contributed by atoms with van der Waals surface area (Å²) in [6.07, 6.45) is 1.84. The van der Waals surface area contributed by atoms with Gasteiger partial charge in [-0.2, -0.15) is 0 Å². The van der Waals surface area contributed by atoms with Gasteiger partial charge in [0.05, 0.1) is 33.4 Å². The number of allylic oxidation sites excluding steroid dienone is 1. The number of halogens is 1. The highest BCUT2D eigenvalue weighted by molar-refractivity contribution is 9.10. The van der Waals surface area contributed by atoms with E-state index in [9.17, 15) is 9.59 Å². The summed E-state index contributed by atoms with van der Waals surface area (Å²) >= 11 is 4.96. The van der Waals surface area contributed by atoms with Crippen LogP contribution >= 0.6 is 27.3 Å². The number of thiazole rings is 1. The minimum Gasteiger partial charge on any atom is -0.497 e. The highest BCUT2D eigenvalue weighted by Crippen LogP contribution is 2.33. The maximum Gasteiger partial charge on any atom is 0.271 e. The Morgan fingerprint density at radius 2 is 1.73 bits per heavy atom. The summed E-state index contributed by atoms with van der Waals surface area (Å²) in [5.41, 5.74) is 4.01. The fourth-order valence-electron chi connectivity index (χ4n) is 5.91. The zero-order valence-electron chi connectivity index (χ0n) is 26.1. The van der Waals surface area contributed by atoms with Gasteiger partial charge in [-0.3, -0.25) is 14.2 Å². The standard InChI is InChI=1S/C39H30BrN3O4S/c1-24-35(37(44)42-29-14-4-3-5-15-29)36(27-12-9-16-30(22-27)46-2)43-38(45)34(48-39(43)41-24)21-25-18-19-33(32(40)20-25)47-23-28-13-8-11-26-10-6-7-17-31(26)28/h3-22,36H,23H2,1-2H3,(H,42,44)/b34-21-/t36-/m0/s1. The lowest BCUT2D eigenvalue weighted by atomic mass is 9.95. The van der Waals surface area contributed by atoms with Gasteiger partial charge in [-0.25, -0.2) is 4.99 Å². The molecule has 6 aromatic rings. The Labute approximate surface area is 289 Å². The number of methoxy groups -OCH3 is 1. The van der Waals surface area contributed by atoms with Crippen molar-refractivity contribution in [3.8, 4) is 11.5 Å². The predicted molar refractivity (Wildman–Crippen MR) is 194 cm³/mol. The number of nitrogens with one attached hydrogen (secondary N) is 1. The first kappa shape index (κ1) is 31.4. The molecule has 0 spiro atoms. The summed E-state index contributed by atoms with van der Waals surface area (Å²) in [7, 11) is 1.59. The first-order chi connectivity index (χ1) is 23.4. The fourth-order valence-corrected chi connectivity index (χ4v) is 7.47. The minimum atomic E-state index is -0.709. The van der Waals surface area contributed by atoms with Crippen molar-refractivity contribution in [2.45, 2.75) is 19.6 Å². The summed E-state index contributed by atoms with van der Waals surface area (Å²) in [5, 5.41) is 5.31. The Morgan fingerprint density at radius 1 is 0.958 bits per heavy atom. The van der Waals surface area contributed by atoms with Gasteiger partial charge in [0.15, 0.2) is 4.80 Å². The normalized spacial score (nSPS) is 14.4. The molecule has 7 rings (SSSR count). The summed E-state index contributed by atoms with van der Waals surface area (Å²) in [5.74, 6) is 0.997. The molecule has 5 aromatic carbocycles. The zero-order chi connectivity index (χ0) is 33.2. The SMILES string of the molecule is COc1cccc([C@H]2C(C(=O)Nc3ccccc3)=C(C)N=c3s/c(=C\c4ccc(OCc5cccc6ccccc56)c(Br)c4)c(=O)n32)c1. The van der Waals surface area contributed by atoms with E-state index in [4.69, 9.17) is 14.5 Å². The van der Waals surface area contributed by atoms with Crippen LogP contribution in [0.2, 0.25) is 0 Å². The number of fused-ring (bicyclic) bond motifs is 2. The van der Waals surface area contributed by atoms with Crippen LogP contribution in [-0.2, 0) is 11.4 Å². The van der Waals surface area contributed by atoms with E-state index >= 15 is 0 Å². The van der Waals surface area contributed by atoms with Gasteiger partial charge in [0, 0.05) is 5.69 Å². The van der Waals surface area contributed by atoms with Crippen LogP contribution in [0.3, 0.4) is 0 Å². The van der Waals surface area contributed by atoms with E-state index in [2.05, 4.69) is 45.5 Å². The molecular formula is C39H30BrN3O4S. The van der Waals surface area contributed by atoms with Crippen LogP contribution in [0.1, 0.15) is 29.7 Å². The number of aromatic nitrogens is 1. The van der Waals surface area contributed by atoms with Gasteiger partial charge in [-0.1, -0.05) is 90.2 Å². The van der Waals surface area contributed by atoms with Gasteiger partial charge in [0.2, 0.25) is 0 Å². The second-order valence-electron chi connectivity index (χ2n) is 11.3. The van der Waals surface area contributed by atoms with Crippen LogP contribution in [0.25, 0.3) is 16.8 Å². The predicted octanol–water partition coefficient (Wildman–Crippen LogP) is 7.38. The van der Waals surface area contributed by atoms with Crippen molar-refractivity contribution in [2.24, 2.45) is 4.99 Å². The Morgan fingerprint density at radius 3 is 2.54 bits per heavy atom. The number of ether oxygens (including phenoxy) is 2. The van der Waals surface area contributed by atoms with Crippen molar-refractivity contribution >= 4 is 55.7 Å². The highest BCUT2D eigenvalue weighted by Gasteiger charge is 2.32. The van der Waals surface area contributed by atoms with Crippen molar-refractivity contribution in [3.63, 3.8) is 0 Å². The average molecular weight is 717 g/mol. The molecule has 0 fully saturated rings. The second kappa shape index (κ2) is 13.5. The molecule has 0 unspecified atom stereocenters. The Bertz CT molecular complexity index is 2390. The van der Waals surface area contributed by atoms with E-state index in [0.29, 0.717) is 44.4 Å². The third-order valence-corrected chi connectivity index (χ3v) is 9.83. The number of nitrogens with zero attached hydrogens (tertiary/aromatic N) is 2. The Hall–Kier alpha value is -5.25. The molecule has 1 aliphatic heterocycles. The van der Waals surface area contributed by atoms with Crippen molar-refractivity contribution in [3.05, 3.63) is 167 Å². The van der Waals surface area contributed by atoms with E-state index in [0.717, 1.165) is 26.5 Å². The molecular weight excluding hydrogens is 686 g/mol. The van der Waals surface area contributed by atoms with Gasteiger partial charge in [0.1, 0.15) is 18.1 Å². The lowest BCUT2D eigenvalue weighted by Crippen LogP contribution is -2.40. The molecule has 48 heavy (non-hydrogen) atoms. The van der Waals surface area contributed by atoms with Gasteiger partial charge in [-0.05, 0) is 92.8 Å². The first-order valence-corrected chi connectivity index (χ1v) is 16.9. The minimum absolute atomic E-state index is 0.239. The Balaban J connectivity index is 1.23. The molecule has 0 aliphatic carbocycles. The molecule has 0 radical (unpaired) electrons. The first-order valence-electron chi connectivity index (χ1n) is 15.3. The number of para-hydroxylation sites is 1. The van der Waals surface area contributed by atoms with Gasteiger partial charge in [0.25, 0.3) is 11.5 Å². The fraction of sp³-hybridized carbons (Fsp3) is 0.103. The van der Waals surface area contributed by atoms with E-state index in [1.165, 1.54) is 16.7 Å². The number of carbonyl (C=O) groups is 1. The maximum atomic E-state index is 14.2. The number of hydrogen-bond donors (Lipinski definition) is 1. The molecule has 0 bridgehead atoms. The monoisotopic (exact) mass is 715 g/mol. The van der Waals surface area contributed by atoms with Crippen LogP contribution in [0.15, 0.2) is 141 Å². The molecule has 7 nitrogen and oxygen atoms in total. The molecule has 238 valence electrons. The number of rotatable bonds is 8. The largest absolute Gasteiger partial charge is 0.497 e. The number of hydrogen-bond acceptors (Lipinski definition) is 6. The molecule has 9 heteroatoms. The third kappa shape index (κ3) is 6.22.